The first-order chi connectivity index (χ1) is 11.1. The zero-order chi connectivity index (χ0) is 16.7. The van der Waals surface area contributed by atoms with Gasteiger partial charge in [0.05, 0.1) is 12.6 Å². The van der Waals surface area contributed by atoms with Crippen LogP contribution in [0.2, 0.25) is 0 Å². The van der Waals surface area contributed by atoms with Crippen molar-refractivity contribution >= 4 is 12.1 Å². The van der Waals surface area contributed by atoms with E-state index in [4.69, 9.17) is 9.57 Å². The van der Waals surface area contributed by atoms with E-state index < -0.39 is 6.09 Å². The van der Waals surface area contributed by atoms with Gasteiger partial charge < -0.3 is 15.2 Å². The van der Waals surface area contributed by atoms with Gasteiger partial charge in [-0.15, -0.1) is 0 Å². The van der Waals surface area contributed by atoms with Crippen molar-refractivity contribution in [1.29, 1.82) is 0 Å². The minimum absolute atomic E-state index is 0.185. The van der Waals surface area contributed by atoms with E-state index in [1.807, 2.05) is 30.3 Å². The van der Waals surface area contributed by atoms with E-state index in [2.05, 4.69) is 5.32 Å². The molecule has 7 nitrogen and oxygen atoms in total. The van der Waals surface area contributed by atoms with Crippen molar-refractivity contribution in [2.45, 2.75) is 38.5 Å². The van der Waals surface area contributed by atoms with Crippen LogP contribution in [0.4, 0.5) is 4.79 Å². The molecule has 2 N–H and O–H groups in total. The number of nitrogens with zero attached hydrogens (tertiary/aromatic N) is 1. The molecule has 2 rings (SSSR count). The fraction of sp³-hybridized carbons (Fsp3) is 0.500. The standard InChI is InChI=1S/C16H22N2O5/c1-2-22-15(19)14-9-8-13(10-17-14)18(16(20)21)23-11-12-6-4-3-5-7-12/h3-7,13-14,17H,2,8-11H2,1H3,(H,20,21)/t13-,14+/m1/s1. The number of carbonyl (C=O) groups is 2. The molecule has 126 valence electrons. The predicted molar refractivity (Wildman–Crippen MR) is 82.5 cm³/mol. The number of hydroxylamine groups is 2. The zero-order valence-electron chi connectivity index (χ0n) is 13.1. The topological polar surface area (TPSA) is 88.1 Å². The van der Waals surface area contributed by atoms with E-state index in [1.165, 1.54) is 0 Å². The fourth-order valence-electron chi connectivity index (χ4n) is 2.52. The van der Waals surface area contributed by atoms with Crippen molar-refractivity contribution in [2.24, 2.45) is 0 Å². The van der Waals surface area contributed by atoms with Gasteiger partial charge in [-0.3, -0.25) is 9.63 Å². The second-order valence-electron chi connectivity index (χ2n) is 5.31. The van der Waals surface area contributed by atoms with Crippen LogP contribution >= 0.6 is 0 Å². The van der Waals surface area contributed by atoms with Gasteiger partial charge >= 0.3 is 12.1 Å². The largest absolute Gasteiger partial charge is 0.465 e. The number of carbonyl (C=O) groups excluding carboxylic acids is 1. The van der Waals surface area contributed by atoms with Gasteiger partial charge in [-0.1, -0.05) is 30.3 Å². The number of esters is 1. The average molecular weight is 322 g/mol. The normalized spacial score (nSPS) is 20.7. The van der Waals surface area contributed by atoms with Crippen LogP contribution in [0.5, 0.6) is 0 Å². The Hall–Kier alpha value is -2.12. The zero-order valence-corrected chi connectivity index (χ0v) is 13.1. The lowest BCUT2D eigenvalue weighted by Gasteiger charge is -2.34. The summed E-state index contributed by atoms with van der Waals surface area (Å²) in [6.45, 7) is 2.63. The van der Waals surface area contributed by atoms with Crippen LogP contribution in [0, 0.1) is 0 Å². The Balaban J connectivity index is 1.87. The summed E-state index contributed by atoms with van der Waals surface area (Å²) in [5.41, 5.74) is 0.895. The minimum Gasteiger partial charge on any atom is -0.465 e. The lowest BCUT2D eigenvalue weighted by Crippen LogP contribution is -2.53. The second-order valence-corrected chi connectivity index (χ2v) is 5.31. The van der Waals surface area contributed by atoms with Gasteiger partial charge in [-0.2, -0.15) is 5.06 Å². The van der Waals surface area contributed by atoms with Crippen LogP contribution in [-0.4, -0.2) is 47.5 Å². The van der Waals surface area contributed by atoms with Crippen molar-refractivity contribution in [2.75, 3.05) is 13.2 Å². The smallest absolute Gasteiger partial charge is 0.431 e. The first-order valence-electron chi connectivity index (χ1n) is 7.70. The molecular weight excluding hydrogens is 300 g/mol. The predicted octanol–water partition coefficient (Wildman–Crippen LogP) is 1.78. The molecule has 1 aromatic rings. The highest BCUT2D eigenvalue weighted by molar-refractivity contribution is 5.76. The summed E-state index contributed by atoms with van der Waals surface area (Å²) in [6.07, 6.45) is -0.0816. The Labute approximate surface area is 135 Å². The Morgan fingerprint density at radius 3 is 2.61 bits per heavy atom. The molecule has 1 amide bonds. The highest BCUT2D eigenvalue weighted by Gasteiger charge is 2.32. The van der Waals surface area contributed by atoms with Gasteiger partial charge in [0.1, 0.15) is 12.6 Å². The lowest BCUT2D eigenvalue weighted by atomic mass is 10.0. The number of benzene rings is 1. The van der Waals surface area contributed by atoms with E-state index in [9.17, 15) is 14.7 Å². The third-order valence-corrected chi connectivity index (χ3v) is 3.69. The van der Waals surface area contributed by atoms with Crippen molar-refractivity contribution in [3.05, 3.63) is 35.9 Å². The molecule has 1 aliphatic heterocycles. The number of hydrogen-bond acceptors (Lipinski definition) is 5. The average Bonchev–Trinajstić information content (AvgIpc) is 2.56. The first kappa shape index (κ1) is 17.2. The summed E-state index contributed by atoms with van der Waals surface area (Å²) < 4.78 is 4.97. The van der Waals surface area contributed by atoms with Crippen LogP contribution < -0.4 is 5.32 Å². The summed E-state index contributed by atoms with van der Waals surface area (Å²) >= 11 is 0. The third-order valence-electron chi connectivity index (χ3n) is 3.69. The molecule has 0 bridgehead atoms. The first-order valence-corrected chi connectivity index (χ1v) is 7.70. The van der Waals surface area contributed by atoms with Gasteiger partial charge in [0.25, 0.3) is 0 Å². The van der Waals surface area contributed by atoms with E-state index in [-0.39, 0.29) is 24.7 Å². The van der Waals surface area contributed by atoms with E-state index in [1.54, 1.807) is 6.92 Å². The quantitative estimate of drug-likeness (QED) is 0.613. The molecule has 0 saturated carbocycles. The van der Waals surface area contributed by atoms with Gasteiger partial charge in [-0.05, 0) is 25.3 Å². The molecule has 0 spiro atoms. The summed E-state index contributed by atoms with van der Waals surface area (Å²) in [4.78, 5) is 28.5. The molecule has 7 heteroatoms. The summed E-state index contributed by atoms with van der Waals surface area (Å²) in [5.74, 6) is -0.293. The number of nitrogens with one attached hydrogen (secondary N) is 1. The van der Waals surface area contributed by atoms with Crippen LogP contribution in [0.15, 0.2) is 30.3 Å². The van der Waals surface area contributed by atoms with Crippen LogP contribution in [0.25, 0.3) is 0 Å². The molecule has 0 aromatic heterocycles. The van der Waals surface area contributed by atoms with Crippen molar-refractivity contribution in [3.63, 3.8) is 0 Å². The van der Waals surface area contributed by atoms with Gasteiger partial charge in [0, 0.05) is 6.54 Å². The molecule has 2 atom stereocenters. The molecule has 1 aliphatic rings. The highest BCUT2D eigenvalue weighted by Crippen LogP contribution is 2.17. The van der Waals surface area contributed by atoms with Gasteiger partial charge in [0.15, 0.2) is 0 Å². The molecule has 0 aliphatic carbocycles. The van der Waals surface area contributed by atoms with Crippen molar-refractivity contribution in [3.8, 4) is 0 Å². The molecular formula is C16H22N2O5. The SMILES string of the molecule is CCOC(=O)[C@@H]1CC[C@@H](N(OCc2ccccc2)C(=O)O)CN1. The fourth-order valence-corrected chi connectivity index (χ4v) is 2.52. The maximum absolute atomic E-state index is 11.7. The van der Waals surface area contributed by atoms with Crippen LogP contribution in [0.1, 0.15) is 25.3 Å². The summed E-state index contributed by atoms with van der Waals surface area (Å²) in [5, 5.41) is 13.3. The van der Waals surface area contributed by atoms with E-state index in [0.717, 1.165) is 10.6 Å². The Bertz CT molecular complexity index is 514. The van der Waals surface area contributed by atoms with E-state index >= 15 is 0 Å². The Morgan fingerprint density at radius 2 is 2.04 bits per heavy atom. The number of ether oxygens (including phenoxy) is 1. The molecule has 1 saturated heterocycles. The molecule has 1 heterocycles. The van der Waals surface area contributed by atoms with Crippen molar-refractivity contribution in [1.82, 2.24) is 10.4 Å². The number of hydrogen-bond donors (Lipinski definition) is 2. The number of amides is 1. The Kier molecular flexibility index (Phi) is 6.37. The molecule has 1 fully saturated rings. The Morgan fingerprint density at radius 1 is 1.30 bits per heavy atom. The second kappa shape index (κ2) is 8.50. The van der Waals surface area contributed by atoms with Gasteiger partial charge in [-0.25, -0.2) is 4.79 Å². The summed E-state index contributed by atoms with van der Waals surface area (Å²) in [6, 6.07) is 8.66. The van der Waals surface area contributed by atoms with Crippen LogP contribution in [-0.2, 0) is 21.0 Å². The molecule has 0 radical (unpaired) electrons. The van der Waals surface area contributed by atoms with Crippen LogP contribution in [0.3, 0.4) is 0 Å². The monoisotopic (exact) mass is 322 g/mol. The lowest BCUT2D eigenvalue weighted by molar-refractivity contribution is -0.172. The number of rotatable bonds is 6. The molecule has 23 heavy (non-hydrogen) atoms. The molecule has 1 aromatic carbocycles. The van der Waals surface area contributed by atoms with Crippen molar-refractivity contribution < 1.29 is 24.3 Å². The van der Waals surface area contributed by atoms with Gasteiger partial charge in [0.2, 0.25) is 0 Å². The minimum atomic E-state index is -1.14. The third kappa shape index (κ3) is 4.94. The highest BCUT2D eigenvalue weighted by atomic mass is 16.7. The number of piperidine rings is 1. The maximum atomic E-state index is 11.7. The molecule has 0 unspecified atom stereocenters. The maximum Gasteiger partial charge on any atom is 0.431 e. The van der Waals surface area contributed by atoms with E-state index in [0.29, 0.717) is 26.0 Å². The number of carboxylic acid groups (broad SMARTS) is 1. The summed E-state index contributed by atoms with van der Waals surface area (Å²) in [7, 11) is 0.